The lowest BCUT2D eigenvalue weighted by Gasteiger charge is -2.17. The van der Waals surface area contributed by atoms with Gasteiger partial charge in [-0.2, -0.15) is 0 Å². The minimum Gasteiger partial charge on any atom is -0.493 e. The number of carbonyl (C=O) groups is 1. The first kappa shape index (κ1) is 18.8. The number of hydrogen-bond acceptors (Lipinski definition) is 4. The van der Waals surface area contributed by atoms with E-state index in [1.807, 2.05) is 55.6 Å². The summed E-state index contributed by atoms with van der Waals surface area (Å²) in [6.07, 6.45) is 1.36. The maximum Gasteiger partial charge on any atom is 0.225 e. The van der Waals surface area contributed by atoms with Crippen LogP contribution in [0.15, 0.2) is 48.5 Å². The van der Waals surface area contributed by atoms with Crippen molar-refractivity contribution in [2.75, 3.05) is 39.7 Å². The van der Waals surface area contributed by atoms with Gasteiger partial charge in [0.25, 0.3) is 0 Å². The summed E-state index contributed by atoms with van der Waals surface area (Å²) in [5.74, 6) is 1.51. The van der Waals surface area contributed by atoms with E-state index in [0.29, 0.717) is 13.0 Å². The van der Waals surface area contributed by atoms with Crippen LogP contribution in [0.25, 0.3) is 0 Å². The van der Waals surface area contributed by atoms with E-state index in [2.05, 4.69) is 10.2 Å². The normalized spacial score (nSPS) is 10.6. The van der Waals surface area contributed by atoms with Crippen molar-refractivity contribution in [2.24, 2.45) is 0 Å². The second-order valence-electron chi connectivity index (χ2n) is 5.91. The summed E-state index contributed by atoms with van der Waals surface area (Å²) in [4.78, 5) is 14.1. The first-order valence-corrected chi connectivity index (χ1v) is 8.36. The first-order chi connectivity index (χ1) is 12.1. The van der Waals surface area contributed by atoms with Crippen molar-refractivity contribution < 1.29 is 14.3 Å². The Balaban J connectivity index is 1.75. The average molecular weight is 342 g/mol. The molecule has 0 aliphatic rings. The molecule has 0 heterocycles. The average Bonchev–Trinajstić information content (AvgIpc) is 2.65. The fourth-order valence-electron chi connectivity index (χ4n) is 2.51. The van der Waals surface area contributed by atoms with Crippen LogP contribution in [0, 0.1) is 0 Å². The molecule has 0 aliphatic heterocycles. The van der Waals surface area contributed by atoms with E-state index < -0.39 is 0 Å². The van der Waals surface area contributed by atoms with Crippen LogP contribution in [0.4, 0.5) is 5.69 Å². The Hall–Kier alpha value is -2.53. The Morgan fingerprint density at radius 1 is 1.00 bits per heavy atom. The predicted molar refractivity (Wildman–Crippen MR) is 100 cm³/mol. The molecule has 0 bridgehead atoms. The third-order valence-corrected chi connectivity index (χ3v) is 4.01. The molecule has 5 nitrogen and oxygen atoms in total. The van der Waals surface area contributed by atoms with Gasteiger partial charge < -0.3 is 19.7 Å². The summed E-state index contributed by atoms with van der Waals surface area (Å²) in [5.41, 5.74) is 2.01. The number of benzene rings is 2. The number of anilines is 1. The van der Waals surface area contributed by atoms with E-state index in [0.717, 1.165) is 30.2 Å². The zero-order valence-electron chi connectivity index (χ0n) is 15.1. The summed E-state index contributed by atoms with van der Waals surface area (Å²) in [6.45, 7) is 1.58. The van der Waals surface area contributed by atoms with Crippen LogP contribution in [-0.4, -0.2) is 45.2 Å². The lowest BCUT2D eigenvalue weighted by atomic mass is 10.1. The Kier molecular flexibility index (Phi) is 7.29. The van der Waals surface area contributed by atoms with Crippen molar-refractivity contribution in [3.8, 4) is 11.5 Å². The second kappa shape index (κ2) is 9.69. The van der Waals surface area contributed by atoms with Gasteiger partial charge in [-0.05, 0) is 43.3 Å². The van der Waals surface area contributed by atoms with Crippen molar-refractivity contribution in [2.45, 2.75) is 12.8 Å². The molecule has 0 radical (unpaired) electrons. The third kappa shape index (κ3) is 6.12. The van der Waals surface area contributed by atoms with Gasteiger partial charge in [-0.15, -0.1) is 0 Å². The number of nitrogens with zero attached hydrogens (tertiary/aromatic N) is 1. The van der Waals surface area contributed by atoms with Gasteiger partial charge in [-0.3, -0.25) is 4.79 Å². The highest BCUT2D eigenvalue weighted by Gasteiger charge is 2.07. The Morgan fingerprint density at radius 2 is 1.72 bits per heavy atom. The molecule has 25 heavy (non-hydrogen) atoms. The molecule has 0 spiro atoms. The highest BCUT2D eigenvalue weighted by atomic mass is 16.5. The number of carbonyl (C=O) groups excluding carboxylic acids is 1. The molecule has 0 aromatic heterocycles. The largest absolute Gasteiger partial charge is 0.493 e. The van der Waals surface area contributed by atoms with Gasteiger partial charge in [0.2, 0.25) is 5.91 Å². The SMILES string of the molecule is COc1ccc(CCN(C)CCC(=O)Nc2ccccc2)cc1OC. The fraction of sp³-hybridized carbons (Fsp3) is 0.350. The summed E-state index contributed by atoms with van der Waals surface area (Å²) < 4.78 is 10.6. The number of para-hydroxylation sites is 1. The topological polar surface area (TPSA) is 50.8 Å². The molecular formula is C20H26N2O3. The van der Waals surface area contributed by atoms with Crippen LogP contribution >= 0.6 is 0 Å². The maximum absolute atomic E-state index is 12.0. The molecule has 134 valence electrons. The Labute approximate surface area is 149 Å². The van der Waals surface area contributed by atoms with Crippen LogP contribution in [0.3, 0.4) is 0 Å². The van der Waals surface area contributed by atoms with Gasteiger partial charge in [-0.1, -0.05) is 24.3 Å². The molecule has 0 atom stereocenters. The highest BCUT2D eigenvalue weighted by Crippen LogP contribution is 2.27. The molecule has 0 saturated carbocycles. The van der Waals surface area contributed by atoms with Gasteiger partial charge in [0.1, 0.15) is 0 Å². The molecule has 0 saturated heterocycles. The van der Waals surface area contributed by atoms with E-state index >= 15 is 0 Å². The number of rotatable bonds is 9. The van der Waals surface area contributed by atoms with E-state index in [9.17, 15) is 4.79 Å². The number of likely N-dealkylation sites (N-methyl/N-ethyl adjacent to an activating group) is 1. The van der Waals surface area contributed by atoms with Crippen molar-refractivity contribution in [1.82, 2.24) is 4.90 Å². The molecule has 2 aromatic carbocycles. The highest BCUT2D eigenvalue weighted by molar-refractivity contribution is 5.90. The lowest BCUT2D eigenvalue weighted by Crippen LogP contribution is -2.26. The number of hydrogen-bond donors (Lipinski definition) is 1. The third-order valence-electron chi connectivity index (χ3n) is 4.01. The molecule has 0 aliphatic carbocycles. The molecule has 0 unspecified atom stereocenters. The Bertz CT molecular complexity index is 674. The molecule has 0 fully saturated rings. The van der Waals surface area contributed by atoms with Gasteiger partial charge >= 0.3 is 0 Å². The van der Waals surface area contributed by atoms with Crippen molar-refractivity contribution in [3.05, 3.63) is 54.1 Å². The molecule has 5 heteroatoms. The van der Waals surface area contributed by atoms with E-state index in [1.54, 1.807) is 14.2 Å². The Morgan fingerprint density at radius 3 is 2.40 bits per heavy atom. The number of methoxy groups -OCH3 is 2. The summed E-state index contributed by atoms with van der Waals surface area (Å²) in [7, 11) is 5.29. The smallest absolute Gasteiger partial charge is 0.225 e. The molecule has 1 amide bonds. The van der Waals surface area contributed by atoms with Crippen LogP contribution in [0.5, 0.6) is 11.5 Å². The zero-order chi connectivity index (χ0) is 18.1. The predicted octanol–water partition coefficient (Wildman–Crippen LogP) is 3.21. The van der Waals surface area contributed by atoms with Gasteiger partial charge in [-0.25, -0.2) is 0 Å². The molecule has 1 N–H and O–H groups in total. The van der Waals surface area contributed by atoms with E-state index in [1.165, 1.54) is 5.56 Å². The summed E-state index contributed by atoms with van der Waals surface area (Å²) in [5, 5.41) is 2.90. The second-order valence-corrected chi connectivity index (χ2v) is 5.91. The van der Waals surface area contributed by atoms with E-state index in [4.69, 9.17) is 9.47 Å². The van der Waals surface area contributed by atoms with Crippen molar-refractivity contribution in [1.29, 1.82) is 0 Å². The van der Waals surface area contributed by atoms with Crippen LogP contribution in [0.1, 0.15) is 12.0 Å². The standard InChI is InChI=1S/C20H26N2O3/c1-22(14-12-20(23)21-17-7-5-4-6-8-17)13-11-16-9-10-18(24-2)19(15-16)25-3/h4-10,15H,11-14H2,1-3H3,(H,21,23). The minimum atomic E-state index is 0.0316. The van der Waals surface area contributed by atoms with Gasteiger partial charge in [0, 0.05) is 25.2 Å². The summed E-state index contributed by atoms with van der Waals surface area (Å²) >= 11 is 0. The van der Waals surface area contributed by atoms with Crippen LogP contribution < -0.4 is 14.8 Å². The fourth-order valence-corrected chi connectivity index (χ4v) is 2.51. The molecular weight excluding hydrogens is 316 g/mol. The maximum atomic E-state index is 12.0. The quantitative estimate of drug-likeness (QED) is 0.760. The van der Waals surface area contributed by atoms with Crippen molar-refractivity contribution >= 4 is 11.6 Å². The van der Waals surface area contributed by atoms with Crippen LogP contribution in [-0.2, 0) is 11.2 Å². The van der Waals surface area contributed by atoms with E-state index in [-0.39, 0.29) is 5.91 Å². The van der Waals surface area contributed by atoms with Gasteiger partial charge in [0.05, 0.1) is 14.2 Å². The van der Waals surface area contributed by atoms with Gasteiger partial charge in [0.15, 0.2) is 11.5 Å². The molecule has 2 aromatic rings. The first-order valence-electron chi connectivity index (χ1n) is 8.36. The monoisotopic (exact) mass is 342 g/mol. The number of ether oxygens (including phenoxy) is 2. The zero-order valence-corrected chi connectivity index (χ0v) is 15.1. The lowest BCUT2D eigenvalue weighted by molar-refractivity contribution is -0.116. The molecule has 2 rings (SSSR count). The number of amides is 1. The van der Waals surface area contributed by atoms with Crippen LogP contribution in [0.2, 0.25) is 0 Å². The minimum absolute atomic E-state index is 0.0316. The number of nitrogens with one attached hydrogen (secondary N) is 1. The summed E-state index contributed by atoms with van der Waals surface area (Å²) in [6, 6.07) is 15.5. The van der Waals surface area contributed by atoms with Crippen molar-refractivity contribution in [3.63, 3.8) is 0 Å².